The van der Waals surface area contributed by atoms with Crippen LogP contribution >= 0.6 is 11.3 Å². The molecule has 4 rings (SSSR count). The lowest BCUT2D eigenvalue weighted by Gasteiger charge is -2.20. The summed E-state index contributed by atoms with van der Waals surface area (Å²) in [6.45, 7) is 0. The Hall–Kier alpha value is -1.72. The first kappa shape index (κ1) is 17.7. The predicted octanol–water partition coefficient (Wildman–Crippen LogP) is 5.59. The highest BCUT2D eigenvalue weighted by Crippen LogP contribution is 2.38. The zero-order valence-electron chi connectivity index (χ0n) is 15.0. The topological polar surface area (TPSA) is 45.8 Å². The van der Waals surface area contributed by atoms with Gasteiger partial charge in [0, 0.05) is 45.1 Å². The van der Waals surface area contributed by atoms with Gasteiger partial charge in [0.05, 0.1) is 5.69 Å². The first-order valence-electron chi connectivity index (χ1n) is 9.23. The number of nitrogens with one attached hydrogen (secondary N) is 1. The van der Waals surface area contributed by atoms with Gasteiger partial charge in [0.2, 0.25) is 0 Å². The van der Waals surface area contributed by atoms with E-state index >= 15 is 0 Å². The Morgan fingerprint density at radius 3 is 2.62 bits per heavy atom. The van der Waals surface area contributed by atoms with Crippen LogP contribution in [0.4, 0.5) is 0 Å². The van der Waals surface area contributed by atoms with Crippen molar-refractivity contribution < 1.29 is 4.21 Å². The van der Waals surface area contributed by atoms with Gasteiger partial charge >= 0.3 is 0 Å². The van der Waals surface area contributed by atoms with E-state index in [0.717, 1.165) is 21.5 Å². The fourth-order valence-electron chi connectivity index (χ4n) is 4.01. The molecule has 1 aliphatic carbocycles. The smallest absolute Gasteiger partial charge is 0.139 e. The van der Waals surface area contributed by atoms with Crippen LogP contribution in [0.25, 0.3) is 10.7 Å². The zero-order chi connectivity index (χ0) is 17.9. The van der Waals surface area contributed by atoms with Gasteiger partial charge in [-0.3, -0.25) is 4.21 Å². The van der Waals surface area contributed by atoms with Crippen LogP contribution in [0, 0.1) is 5.92 Å². The number of hydrogen-bond donors (Lipinski definition) is 1. The van der Waals surface area contributed by atoms with Gasteiger partial charge in [0.1, 0.15) is 5.01 Å². The Bertz CT molecular complexity index is 862. The highest BCUT2D eigenvalue weighted by Gasteiger charge is 2.24. The molecule has 1 saturated carbocycles. The minimum atomic E-state index is -0.930. The molecule has 1 aromatic carbocycles. The molecular weight excluding hydrogens is 360 g/mol. The van der Waals surface area contributed by atoms with Crippen molar-refractivity contribution in [1.29, 1.82) is 0 Å². The molecule has 0 bridgehead atoms. The molecule has 3 aromatic rings. The molecule has 136 valence electrons. The molecule has 0 spiro atoms. The minimum Gasteiger partial charge on any atom is -0.356 e. The number of benzene rings is 1. The lowest BCUT2D eigenvalue weighted by molar-refractivity contribution is 0.469. The summed E-state index contributed by atoms with van der Waals surface area (Å²) in [5.74, 6) is 1.15. The fraction of sp³-hybridized carbons (Fsp3) is 0.381. The molecule has 3 nitrogen and oxygen atoms in total. The lowest BCUT2D eigenvalue weighted by Crippen LogP contribution is -2.08. The second-order valence-corrected chi connectivity index (χ2v) is 9.40. The highest BCUT2D eigenvalue weighted by atomic mass is 32.2. The van der Waals surface area contributed by atoms with Crippen molar-refractivity contribution in [2.45, 2.75) is 42.9 Å². The normalized spacial score (nSPS) is 17.4. The monoisotopic (exact) mass is 384 g/mol. The van der Waals surface area contributed by atoms with Crippen molar-refractivity contribution in [3.8, 4) is 10.7 Å². The lowest BCUT2D eigenvalue weighted by atomic mass is 9.86. The molecule has 1 N–H and O–H groups in total. The van der Waals surface area contributed by atoms with Crippen molar-refractivity contribution in [2.24, 2.45) is 5.92 Å². The largest absolute Gasteiger partial charge is 0.356 e. The molecule has 0 radical (unpaired) electrons. The van der Waals surface area contributed by atoms with Gasteiger partial charge in [-0.15, -0.1) is 11.3 Å². The summed E-state index contributed by atoms with van der Waals surface area (Å²) in [5.41, 5.74) is 3.66. The average Bonchev–Trinajstić information content (AvgIpc) is 3.41. The molecule has 2 aromatic heterocycles. The second kappa shape index (κ2) is 7.89. The Morgan fingerprint density at radius 2 is 1.96 bits per heavy atom. The van der Waals surface area contributed by atoms with E-state index in [0.29, 0.717) is 5.92 Å². The molecule has 0 saturated heterocycles. The molecule has 0 amide bonds. The third-order valence-corrected chi connectivity index (χ3v) is 7.15. The van der Waals surface area contributed by atoms with Gasteiger partial charge in [-0.05, 0) is 42.2 Å². The number of hydrogen-bond acceptors (Lipinski definition) is 3. The van der Waals surface area contributed by atoms with Crippen LogP contribution in [0.15, 0.2) is 52.9 Å². The molecular formula is C21H24N2OS2. The SMILES string of the molecule is CS(=O)c1ccc(C(CC2CCCC2)c2ccc(-c3nccs3)[nH]2)cc1. The Morgan fingerprint density at radius 1 is 1.19 bits per heavy atom. The quantitative estimate of drug-likeness (QED) is 0.602. The van der Waals surface area contributed by atoms with E-state index in [1.165, 1.54) is 43.4 Å². The van der Waals surface area contributed by atoms with E-state index in [-0.39, 0.29) is 0 Å². The zero-order valence-corrected chi connectivity index (χ0v) is 16.6. The number of aromatic nitrogens is 2. The molecule has 2 heterocycles. The third-order valence-electron chi connectivity index (χ3n) is 5.40. The molecule has 1 aliphatic rings. The summed E-state index contributed by atoms with van der Waals surface area (Å²) in [7, 11) is -0.930. The van der Waals surface area contributed by atoms with Crippen molar-refractivity contribution in [3.63, 3.8) is 0 Å². The Kier molecular flexibility index (Phi) is 5.36. The molecule has 1 fully saturated rings. The number of aromatic amines is 1. The van der Waals surface area contributed by atoms with Crippen molar-refractivity contribution >= 4 is 22.1 Å². The van der Waals surface area contributed by atoms with Gasteiger partial charge < -0.3 is 4.98 Å². The van der Waals surface area contributed by atoms with Gasteiger partial charge in [-0.25, -0.2) is 4.98 Å². The summed E-state index contributed by atoms with van der Waals surface area (Å²) in [4.78, 5) is 8.93. The van der Waals surface area contributed by atoms with E-state index in [2.05, 4.69) is 34.2 Å². The van der Waals surface area contributed by atoms with Crippen molar-refractivity contribution in [3.05, 3.63) is 59.2 Å². The number of H-pyrrole nitrogens is 1. The minimum absolute atomic E-state index is 0.353. The van der Waals surface area contributed by atoms with Crippen LogP contribution in [0.1, 0.15) is 49.3 Å². The van der Waals surface area contributed by atoms with Gasteiger partial charge in [-0.2, -0.15) is 0 Å². The first-order valence-corrected chi connectivity index (χ1v) is 11.7. The maximum atomic E-state index is 11.7. The van der Waals surface area contributed by atoms with Crippen LogP contribution < -0.4 is 0 Å². The highest BCUT2D eigenvalue weighted by molar-refractivity contribution is 7.84. The fourth-order valence-corrected chi connectivity index (χ4v) is 5.15. The number of thiazole rings is 1. The standard InChI is InChI=1S/C21H24N2OS2/c1-26(24)17-8-6-16(7-9-17)18(14-15-4-2-3-5-15)19-10-11-20(23-19)21-22-12-13-25-21/h6-13,15,18,23H,2-5,14H2,1H3. The summed E-state index contributed by atoms with van der Waals surface area (Å²) in [5, 5.41) is 3.04. The van der Waals surface area contributed by atoms with E-state index in [4.69, 9.17) is 0 Å². The molecule has 2 atom stereocenters. The summed E-state index contributed by atoms with van der Waals surface area (Å²) in [6.07, 6.45) is 10.2. The van der Waals surface area contributed by atoms with Crippen LogP contribution in [0.3, 0.4) is 0 Å². The molecule has 2 unspecified atom stereocenters. The van der Waals surface area contributed by atoms with Crippen molar-refractivity contribution in [1.82, 2.24) is 9.97 Å². The number of nitrogens with zero attached hydrogens (tertiary/aromatic N) is 1. The van der Waals surface area contributed by atoms with Gasteiger partial charge in [0.15, 0.2) is 0 Å². The van der Waals surface area contributed by atoms with Crippen LogP contribution in [-0.2, 0) is 10.8 Å². The maximum absolute atomic E-state index is 11.7. The van der Waals surface area contributed by atoms with Crippen molar-refractivity contribution in [2.75, 3.05) is 6.26 Å². The Labute approximate surface area is 161 Å². The van der Waals surface area contributed by atoms with Gasteiger partial charge in [-0.1, -0.05) is 37.8 Å². The number of rotatable bonds is 6. The summed E-state index contributed by atoms with van der Waals surface area (Å²) in [6, 6.07) is 12.7. The molecule has 0 aliphatic heterocycles. The summed E-state index contributed by atoms with van der Waals surface area (Å²) < 4.78 is 11.7. The van der Waals surface area contributed by atoms with Gasteiger partial charge in [0.25, 0.3) is 0 Å². The van der Waals surface area contributed by atoms with Crippen LogP contribution in [-0.4, -0.2) is 20.4 Å². The third kappa shape index (κ3) is 3.84. The second-order valence-electron chi connectivity index (χ2n) is 7.13. The molecule has 26 heavy (non-hydrogen) atoms. The first-order chi connectivity index (χ1) is 12.7. The van der Waals surface area contributed by atoms with Crippen LogP contribution in [0.2, 0.25) is 0 Å². The van der Waals surface area contributed by atoms with E-state index in [9.17, 15) is 4.21 Å². The molecule has 5 heteroatoms. The Balaban J connectivity index is 1.65. The van der Waals surface area contributed by atoms with E-state index in [1.54, 1.807) is 17.6 Å². The predicted molar refractivity (Wildman–Crippen MR) is 109 cm³/mol. The van der Waals surface area contributed by atoms with Crippen LogP contribution in [0.5, 0.6) is 0 Å². The average molecular weight is 385 g/mol. The maximum Gasteiger partial charge on any atom is 0.139 e. The van der Waals surface area contributed by atoms with E-state index < -0.39 is 10.8 Å². The van der Waals surface area contributed by atoms with E-state index in [1.807, 2.05) is 23.7 Å². The summed E-state index contributed by atoms with van der Waals surface area (Å²) >= 11 is 1.66.